The summed E-state index contributed by atoms with van der Waals surface area (Å²) in [6.45, 7) is 3.72. The molecule has 0 unspecified atom stereocenters. The first kappa shape index (κ1) is 18.5. The number of benzene rings is 3. The van der Waals surface area contributed by atoms with Crippen molar-refractivity contribution >= 4 is 24.1 Å². The lowest BCUT2D eigenvalue weighted by atomic mass is 10.2. The van der Waals surface area contributed by atoms with E-state index in [1.807, 2.05) is 74.5 Å². The van der Waals surface area contributed by atoms with Crippen LogP contribution in [0.2, 0.25) is 0 Å². The molecular formula is C23H19F2N2P. The number of nitrogens with zero attached hydrogens (tertiary/aromatic N) is 2. The Balaban J connectivity index is 2.03. The van der Waals surface area contributed by atoms with Crippen molar-refractivity contribution in [3.05, 3.63) is 102 Å². The lowest BCUT2D eigenvalue weighted by molar-refractivity contribution is 0.569. The minimum atomic E-state index is -1.09. The zero-order valence-corrected chi connectivity index (χ0v) is 16.5. The van der Waals surface area contributed by atoms with Gasteiger partial charge in [-0.15, -0.1) is 0 Å². The van der Waals surface area contributed by atoms with Gasteiger partial charge in [-0.25, -0.2) is 13.8 Å². The van der Waals surface area contributed by atoms with Gasteiger partial charge in [0.05, 0.1) is 5.69 Å². The number of imidazole rings is 1. The van der Waals surface area contributed by atoms with E-state index in [-0.39, 0.29) is 5.69 Å². The Morgan fingerprint density at radius 3 is 1.71 bits per heavy atom. The maximum absolute atomic E-state index is 14.7. The third-order valence-electron chi connectivity index (χ3n) is 4.72. The van der Waals surface area contributed by atoms with E-state index >= 15 is 0 Å². The smallest absolute Gasteiger partial charge is 0.150 e. The standard InChI is InChI=1S/C23H19F2N2P/c1-16-17(2)27(22-20(24)14-9-15-21(22)25)23(26-16)28(18-10-5-3-6-11-18)19-12-7-4-8-13-19/h3-15H,1-2H3. The number of hydrogen-bond acceptors (Lipinski definition) is 1. The Morgan fingerprint density at radius 2 is 1.21 bits per heavy atom. The zero-order valence-electron chi connectivity index (χ0n) is 15.6. The normalized spacial score (nSPS) is 11.2. The summed E-state index contributed by atoms with van der Waals surface area (Å²) in [7, 11) is -1.09. The van der Waals surface area contributed by atoms with Crippen LogP contribution in [-0.4, -0.2) is 9.55 Å². The minimum Gasteiger partial charge on any atom is -0.291 e. The van der Waals surface area contributed by atoms with Crippen LogP contribution in [0.1, 0.15) is 11.4 Å². The average molecular weight is 392 g/mol. The molecular weight excluding hydrogens is 373 g/mol. The highest BCUT2D eigenvalue weighted by atomic mass is 31.1. The molecule has 4 rings (SSSR count). The van der Waals surface area contributed by atoms with Crippen molar-refractivity contribution in [3.8, 4) is 5.69 Å². The van der Waals surface area contributed by atoms with Crippen molar-refractivity contribution in [1.29, 1.82) is 0 Å². The Morgan fingerprint density at radius 1 is 0.714 bits per heavy atom. The van der Waals surface area contributed by atoms with Gasteiger partial charge in [-0.05, 0) is 36.6 Å². The van der Waals surface area contributed by atoms with E-state index in [0.29, 0.717) is 5.57 Å². The molecule has 0 amide bonds. The fourth-order valence-electron chi connectivity index (χ4n) is 3.25. The van der Waals surface area contributed by atoms with E-state index in [4.69, 9.17) is 4.98 Å². The fourth-order valence-corrected chi connectivity index (χ4v) is 5.65. The minimum absolute atomic E-state index is 0.0741. The second kappa shape index (κ2) is 7.65. The predicted octanol–water partition coefficient (Wildman–Crippen LogP) is 4.53. The van der Waals surface area contributed by atoms with E-state index in [1.54, 1.807) is 4.57 Å². The molecule has 0 saturated carbocycles. The zero-order chi connectivity index (χ0) is 19.7. The van der Waals surface area contributed by atoms with Gasteiger partial charge in [0, 0.05) is 13.6 Å². The van der Waals surface area contributed by atoms with E-state index in [9.17, 15) is 8.78 Å². The maximum atomic E-state index is 14.7. The first-order valence-electron chi connectivity index (χ1n) is 8.98. The summed E-state index contributed by atoms with van der Waals surface area (Å²) >= 11 is 0. The molecule has 0 spiro atoms. The van der Waals surface area contributed by atoms with Crippen molar-refractivity contribution in [2.24, 2.45) is 0 Å². The molecule has 0 saturated heterocycles. The molecule has 1 aromatic heterocycles. The molecule has 0 atom stereocenters. The third kappa shape index (κ3) is 3.25. The van der Waals surface area contributed by atoms with Gasteiger partial charge in [0.2, 0.25) is 0 Å². The van der Waals surface area contributed by atoms with E-state index in [1.165, 1.54) is 18.2 Å². The fraction of sp³-hybridized carbons (Fsp3) is 0.0870. The third-order valence-corrected chi connectivity index (χ3v) is 7.05. The van der Waals surface area contributed by atoms with Gasteiger partial charge < -0.3 is 0 Å². The van der Waals surface area contributed by atoms with Crippen molar-refractivity contribution in [1.82, 2.24) is 9.55 Å². The van der Waals surface area contributed by atoms with Crippen LogP contribution >= 0.6 is 7.92 Å². The van der Waals surface area contributed by atoms with Gasteiger partial charge in [0.25, 0.3) is 0 Å². The van der Waals surface area contributed by atoms with E-state index < -0.39 is 19.6 Å². The molecule has 2 nitrogen and oxygen atoms in total. The van der Waals surface area contributed by atoms with Gasteiger partial charge in [0.1, 0.15) is 22.9 Å². The van der Waals surface area contributed by atoms with Crippen LogP contribution in [0, 0.1) is 25.5 Å². The van der Waals surface area contributed by atoms with Gasteiger partial charge in [-0.2, -0.15) is 0 Å². The number of halogens is 2. The highest BCUT2D eigenvalue weighted by molar-refractivity contribution is 7.79. The van der Waals surface area contributed by atoms with Crippen LogP contribution in [-0.2, 0) is 0 Å². The van der Waals surface area contributed by atoms with Gasteiger partial charge in [-0.3, -0.25) is 4.57 Å². The maximum Gasteiger partial charge on any atom is 0.150 e. The monoisotopic (exact) mass is 392 g/mol. The summed E-state index contributed by atoms with van der Waals surface area (Å²) in [5.74, 6) is -1.20. The Kier molecular flexibility index (Phi) is 5.06. The SMILES string of the molecule is Cc1nc(P(c2ccccc2)c2ccccc2)n(-c2c(F)cccc2F)c1C. The summed E-state index contributed by atoms with van der Waals surface area (Å²) in [5, 5.41) is 2.15. The molecule has 0 bridgehead atoms. The summed E-state index contributed by atoms with van der Waals surface area (Å²) in [4.78, 5) is 4.78. The molecule has 1 heterocycles. The number of aromatic nitrogens is 2. The second-order valence-corrected chi connectivity index (χ2v) is 8.60. The van der Waals surface area contributed by atoms with Crippen LogP contribution in [0.25, 0.3) is 5.69 Å². The molecule has 0 radical (unpaired) electrons. The Bertz CT molecular complexity index is 1050. The predicted molar refractivity (Wildman–Crippen MR) is 112 cm³/mol. The molecule has 0 aliphatic heterocycles. The summed E-state index contributed by atoms with van der Waals surface area (Å²) in [6, 6.07) is 23.9. The van der Waals surface area contributed by atoms with Crippen molar-refractivity contribution in [3.63, 3.8) is 0 Å². The average Bonchev–Trinajstić information content (AvgIpc) is 2.98. The Labute approximate surface area is 164 Å². The summed E-state index contributed by atoms with van der Waals surface area (Å²) < 4.78 is 31.0. The van der Waals surface area contributed by atoms with Crippen LogP contribution in [0.15, 0.2) is 78.9 Å². The number of aryl methyl sites for hydroxylation is 1. The first-order chi connectivity index (χ1) is 13.6. The molecule has 0 aliphatic rings. The molecule has 28 heavy (non-hydrogen) atoms. The van der Waals surface area contributed by atoms with Crippen molar-refractivity contribution in [2.75, 3.05) is 0 Å². The molecule has 140 valence electrons. The van der Waals surface area contributed by atoms with Gasteiger partial charge in [0.15, 0.2) is 0 Å². The molecule has 0 aliphatic carbocycles. The summed E-state index contributed by atoms with van der Waals surface area (Å²) in [6.07, 6.45) is 0. The van der Waals surface area contributed by atoms with E-state index in [2.05, 4.69) is 0 Å². The van der Waals surface area contributed by atoms with E-state index in [0.717, 1.165) is 22.0 Å². The molecule has 0 N–H and O–H groups in total. The van der Waals surface area contributed by atoms with Crippen LogP contribution < -0.4 is 16.2 Å². The number of rotatable bonds is 4. The van der Waals surface area contributed by atoms with Crippen LogP contribution in [0.4, 0.5) is 8.78 Å². The molecule has 4 aromatic rings. The Hall–Kier alpha value is -2.84. The van der Waals surface area contributed by atoms with Crippen LogP contribution in [0.3, 0.4) is 0 Å². The summed E-state index contributed by atoms with van der Waals surface area (Å²) in [5.41, 5.74) is 2.08. The highest BCUT2D eigenvalue weighted by Gasteiger charge is 2.27. The molecule has 5 heteroatoms. The lowest BCUT2D eigenvalue weighted by Crippen LogP contribution is -2.28. The lowest BCUT2D eigenvalue weighted by Gasteiger charge is -2.21. The molecule has 0 fully saturated rings. The molecule has 3 aromatic carbocycles. The number of para-hydroxylation sites is 1. The largest absolute Gasteiger partial charge is 0.291 e. The quantitative estimate of drug-likeness (QED) is 0.467. The van der Waals surface area contributed by atoms with Gasteiger partial charge >= 0.3 is 0 Å². The van der Waals surface area contributed by atoms with Gasteiger partial charge in [-0.1, -0.05) is 66.7 Å². The highest BCUT2D eigenvalue weighted by Crippen LogP contribution is 2.35. The second-order valence-electron chi connectivity index (χ2n) is 6.49. The van der Waals surface area contributed by atoms with Crippen LogP contribution in [0.5, 0.6) is 0 Å². The topological polar surface area (TPSA) is 17.8 Å². The van der Waals surface area contributed by atoms with Crippen molar-refractivity contribution < 1.29 is 8.78 Å². The first-order valence-corrected chi connectivity index (χ1v) is 10.3. The number of hydrogen-bond donors (Lipinski definition) is 0. The van der Waals surface area contributed by atoms with Crippen molar-refractivity contribution in [2.45, 2.75) is 13.8 Å².